The number of hydrogen-bond donors (Lipinski definition) is 0. The lowest BCUT2D eigenvalue weighted by atomic mass is 9.88. The van der Waals surface area contributed by atoms with Crippen LogP contribution < -0.4 is 0 Å². The molecule has 7 aromatic carbocycles. The zero-order valence-electron chi connectivity index (χ0n) is 21.0. The van der Waals surface area contributed by atoms with Gasteiger partial charge in [0.15, 0.2) is 0 Å². The zero-order valence-corrected chi connectivity index (χ0v) is 21.0. The standard InChI is InChI=1S/C38H26/c1-5-13-27(14-6-1)31-21-33-23-34-22-32(28-15-7-2-8-16-28)25-36(30-19-11-4-12-20-30)38(34)26-37(33)35(24-31)29-17-9-3-10-18-29/h1-26H. The first-order chi connectivity index (χ1) is 18.8. The highest BCUT2D eigenvalue weighted by atomic mass is 14.2. The maximum Gasteiger partial charge on any atom is -0.00984 e. The van der Waals surface area contributed by atoms with Crippen molar-refractivity contribution in [2.75, 3.05) is 0 Å². The van der Waals surface area contributed by atoms with E-state index in [0.717, 1.165) is 0 Å². The summed E-state index contributed by atoms with van der Waals surface area (Å²) in [5.41, 5.74) is 9.92. The Labute approximate surface area is 223 Å². The van der Waals surface area contributed by atoms with E-state index in [1.165, 1.54) is 66.1 Å². The minimum atomic E-state index is 1.23. The van der Waals surface area contributed by atoms with Crippen molar-refractivity contribution in [2.45, 2.75) is 0 Å². The molecule has 0 saturated carbocycles. The van der Waals surface area contributed by atoms with Gasteiger partial charge >= 0.3 is 0 Å². The van der Waals surface area contributed by atoms with Gasteiger partial charge in [-0.2, -0.15) is 0 Å². The zero-order chi connectivity index (χ0) is 25.3. The Bertz CT molecular complexity index is 1730. The number of rotatable bonds is 4. The highest BCUT2D eigenvalue weighted by Gasteiger charge is 2.13. The molecule has 0 heteroatoms. The Hall–Kier alpha value is -4.94. The van der Waals surface area contributed by atoms with E-state index in [9.17, 15) is 0 Å². The third kappa shape index (κ3) is 4.07. The van der Waals surface area contributed by atoms with Crippen molar-refractivity contribution in [1.82, 2.24) is 0 Å². The molecule has 0 bridgehead atoms. The van der Waals surface area contributed by atoms with Crippen LogP contribution >= 0.6 is 0 Å². The summed E-state index contributed by atoms with van der Waals surface area (Å²) in [6.07, 6.45) is 0. The summed E-state index contributed by atoms with van der Waals surface area (Å²) in [6.45, 7) is 0. The maximum atomic E-state index is 2.40. The molecule has 0 saturated heterocycles. The Kier molecular flexibility index (Phi) is 5.57. The summed E-state index contributed by atoms with van der Waals surface area (Å²) in [6, 6.07) is 57.0. The smallest absolute Gasteiger partial charge is 0.00984 e. The van der Waals surface area contributed by atoms with Crippen LogP contribution in [0.2, 0.25) is 0 Å². The molecule has 0 radical (unpaired) electrons. The first kappa shape index (κ1) is 22.3. The second-order valence-electron chi connectivity index (χ2n) is 9.81. The van der Waals surface area contributed by atoms with Crippen molar-refractivity contribution in [2.24, 2.45) is 0 Å². The van der Waals surface area contributed by atoms with Crippen LogP contribution in [0, 0.1) is 0 Å². The van der Waals surface area contributed by atoms with E-state index in [4.69, 9.17) is 0 Å². The third-order valence-electron chi connectivity index (χ3n) is 7.41. The molecule has 178 valence electrons. The van der Waals surface area contributed by atoms with Crippen molar-refractivity contribution in [3.63, 3.8) is 0 Å². The predicted molar refractivity (Wildman–Crippen MR) is 163 cm³/mol. The van der Waals surface area contributed by atoms with Gasteiger partial charge in [-0.1, -0.05) is 121 Å². The van der Waals surface area contributed by atoms with E-state index in [1.54, 1.807) is 0 Å². The number of fused-ring (bicyclic) bond motifs is 2. The second kappa shape index (κ2) is 9.50. The van der Waals surface area contributed by atoms with Crippen LogP contribution in [0.3, 0.4) is 0 Å². The SMILES string of the molecule is c1ccc(-c2cc(-c3ccccc3)c3cc4c(-c5ccccc5)cc(-c5ccccc5)cc4cc3c2)cc1. The predicted octanol–water partition coefficient (Wildman–Crippen LogP) is 10.7. The number of benzene rings is 7. The lowest BCUT2D eigenvalue weighted by Crippen LogP contribution is -1.89. The molecule has 0 amide bonds. The fraction of sp³-hybridized carbons (Fsp3) is 0. The van der Waals surface area contributed by atoms with E-state index in [1.807, 2.05) is 0 Å². The monoisotopic (exact) mass is 482 g/mol. The molecule has 0 N–H and O–H groups in total. The van der Waals surface area contributed by atoms with Crippen LogP contribution in [0.4, 0.5) is 0 Å². The molecule has 0 aliphatic heterocycles. The van der Waals surface area contributed by atoms with Gasteiger partial charge in [-0.15, -0.1) is 0 Å². The van der Waals surface area contributed by atoms with E-state index in [-0.39, 0.29) is 0 Å². The first-order valence-electron chi connectivity index (χ1n) is 13.1. The summed E-state index contributed by atoms with van der Waals surface area (Å²) in [4.78, 5) is 0. The van der Waals surface area contributed by atoms with Crippen LogP contribution in [0.1, 0.15) is 0 Å². The van der Waals surface area contributed by atoms with Crippen LogP contribution in [-0.4, -0.2) is 0 Å². The molecule has 7 rings (SSSR count). The Morgan fingerprint density at radius 3 is 0.947 bits per heavy atom. The van der Waals surface area contributed by atoms with Crippen molar-refractivity contribution < 1.29 is 0 Å². The topological polar surface area (TPSA) is 0 Å². The maximum absolute atomic E-state index is 2.40. The molecule has 0 heterocycles. The van der Waals surface area contributed by atoms with Gasteiger partial charge in [-0.3, -0.25) is 0 Å². The average Bonchev–Trinajstić information content (AvgIpc) is 3.00. The second-order valence-corrected chi connectivity index (χ2v) is 9.81. The fourth-order valence-electron chi connectivity index (χ4n) is 5.53. The van der Waals surface area contributed by atoms with Crippen molar-refractivity contribution in [3.8, 4) is 44.5 Å². The molecule has 0 nitrogen and oxygen atoms in total. The van der Waals surface area contributed by atoms with E-state index in [0.29, 0.717) is 0 Å². The van der Waals surface area contributed by atoms with Crippen molar-refractivity contribution >= 4 is 21.5 Å². The number of hydrogen-bond acceptors (Lipinski definition) is 0. The van der Waals surface area contributed by atoms with Crippen LogP contribution in [0.5, 0.6) is 0 Å². The molecule has 0 unspecified atom stereocenters. The minimum Gasteiger partial charge on any atom is -0.0622 e. The third-order valence-corrected chi connectivity index (χ3v) is 7.41. The van der Waals surface area contributed by atoms with Gasteiger partial charge in [0.1, 0.15) is 0 Å². The molecule has 0 spiro atoms. The summed E-state index contributed by atoms with van der Waals surface area (Å²) >= 11 is 0. The molecule has 0 aliphatic carbocycles. The lowest BCUT2D eigenvalue weighted by molar-refractivity contribution is 1.61. The Morgan fingerprint density at radius 2 is 0.579 bits per heavy atom. The van der Waals surface area contributed by atoms with Gasteiger partial charge in [-0.05, 0) is 102 Å². The molecule has 38 heavy (non-hydrogen) atoms. The quantitative estimate of drug-likeness (QED) is 0.219. The molecule has 0 aliphatic rings. The molecular formula is C38H26. The normalized spacial score (nSPS) is 11.2. The summed E-state index contributed by atoms with van der Waals surface area (Å²) < 4.78 is 0. The van der Waals surface area contributed by atoms with E-state index < -0.39 is 0 Å². The van der Waals surface area contributed by atoms with Crippen molar-refractivity contribution in [1.29, 1.82) is 0 Å². The summed E-state index contributed by atoms with van der Waals surface area (Å²) in [5, 5.41) is 5.05. The van der Waals surface area contributed by atoms with Crippen LogP contribution in [-0.2, 0) is 0 Å². The average molecular weight is 483 g/mol. The van der Waals surface area contributed by atoms with Gasteiger partial charge < -0.3 is 0 Å². The first-order valence-corrected chi connectivity index (χ1v) is 13.1. The van der Waals surface area contributed by atoms with Crippen LogP contribution in [0.25, 0.3) is 66.1 Å². The van der Waals surface area contributed by atoms with Crippen LogP contribution in [0.15, 0.2) is 158 Å². The molecular weight excluding hydrogens is 456 g/mol. The van der Waals surface area contributed by atoms with Gasteiger partial charge in [0.2, 0.25) is 0 Å². The molecule has 7 aromatic rings. The van der Waals surface area contributed by atoms with E-state index in [2.05, 4.69) is 158 Å². The highest BCUT2D eigenvalue weighted by molar-refractivity contribution is 6.11. The Balaban J connectivity index is 1.57. The fourth-order valence-corrected chi connectivity index (χ4v) is 5.53. The molecule has 0 atom stereocenters. The largest absolute Gasteiger partial charge is 0.0622 e. The van der Waals surface area contributed by atoms with Gasteiger partial charge in [0.05, 0.1) is 0 Å². The Morgan fingerprint density at radius 1 is 0.237 bits per heavy atom. The molecule has 0 aromatic heterocycles. The van der Waals surface area contributed by atoms with Gasteiger partial charge in [0, 0.05) is 0 Å². The van der Waals surface area contributed by atoms with Gasteiger partial charge in [-0.25, -0.2) is 0 Å². The van der Waals surface area contributed by atoms with E-state index >= 15 is 0 Å². The summed E-state index contributed by atoms with van der Waals surface area (Å²) in [7, 11) is 0. The molecule has 0 fully saturated rings. The van der Waals surface area contributed by atoms with Crippen molar-refractivity contribution in [3.05, 3.63) is 158 Å². The minimum absolute atomic E-state index is 1.23. The summed E-state index contributed by atoms with van der Waals surface area (Å²) in [5.74, 6) is 0. The highest BCUT2D eigenvalue weighted by Crippen LogP contribution is 2.40. The lowest BCUT2D eigenvalue weighted by Gasteiger charge is -2.16. The van der Waals surface area contributed by atoms with Gasteiger partial charge in [0.25, 0.3) is 0 Å².